The topological polar surface area (TPSA) is 83.6 Å². The summed E-state index contributed by atoms with van der Waals surface area (Å²) in [6.07, 6.45) is 5.50. The Morgan fingerprint density at radius 2 is 2.24 bits per heavy atom. The highest BCUT2D eigenvalue weighted by Gasteiger charge is 2.17. The lowest BCUT2D eigenvalue weighted by Gasteiger charge is -2.30. The number of pyridine rings is 1. The molecule has 116 valence electrons. The molecule has 7 heteroatoms. The van der Waals surface area contributed by atoms with E-state index in [0.29, 0.717) is 11.6 Å². The van der Waals surface area contributed by atoms with Gasteiger partial charge in [0.1, 0.15) is 6.54 Å². The van der Waals surface area contributed by atoms with Gasteiger partial charge in [0.2, 0.25) is 5.91 Å². The second-order valence-corrected chi connectivity index (χ2v) is 5.13. The van der Waals surface area contributed by atoms with Gasteiger partial charge >= 0.3 is 0 Å². The summed E-state index contributed by atoms with van der Waals surface area (Å²) < 4.78 is 0. The number of anilines is 1. The van der Waals surface area contributed by atoms with Crippen molar-refractivity contribution in [1.82, 2.24) is 9.88 Å². The molecule has 1 aromatic rings. The molecule has 2 heterocycles. The first-order valence-electron chi connectivity index (χ1n) is 6.90. The Morgan fingerprint density at radius 1 is 1.52 bits per heavy atom. The second-order valence-electron chi connectivity index (χ2n) is 5.13. The van der Waals surface area contributed by atoms with Crippen molar-refractivity contribution in [3.05, 3.63) is 24.5 Å². The van der Waals surface area contributed by atoms with Gasteiger partial charge in [0.15, 0.2) is 5.96 Å². The maximum atomic E-state index is 11.7. The van der Waals surface area contributed by atoms with E-state index in [2.05, 4.69) is 22.2 Å². The van der Waals surface area contributed by atoms with Crippen LogP contribution in [0.5, 0.6) is 0 Å². The largest absolute Gasteiger partial charge is 0.370 e. The molecule has 2 rings (SSSR count). The Labute approximate surface area is 142 Å². The summed E-state index contributed by atoms with van der Waals surface area (Å²) in [5, 5.41) is 2.72. The van der Waals surface area contributed by atoms with Gasteiger partial charge in [0, 0.05) is 19.3 Å². The lowest BCUT2D eigenvalue weighted by atomic mass is 10.00. The highest BCUT2D eigenvalue weighted by molar-refractivity contribution is 14.0. The Kier molecular flexibility index (Phi) is 7.41. The van der Waals surface area contributed by atoms with Gasteiger partial charge in [0.25, 0.3) is 0 Å². The minimum Gasteiger partial charge on any atom is -0.370 e. The fraction of sp³-hybridized carbons (Fsp3) is 0.500. The normalized spacial score (nSPS) is 16.2. The van der Waals surface area contributed by atoms with Crippen LogP contribution in [0.1, 0.15) is 19.8 Å². The van der Waals surface area contributed by atoms with Gasteiger partial charge < -0.3 is 16.0 Å². The van der Waals surface area contributed by atoms with Crippen LogP contribution in [0.2, 0.25) is 0 Å². The Morgan fingerprint density at radius 3 is 2.86 bits per heavy atom. The first kappa shape index (κ1) is 17.7. The third-order valence-corrected chi connectivity index (χ3v) is 3.44. The molecule has 3 N–H and O–H groups in total. The van der Waals surface area contributed by atoms with Gasteiger partial charge in [-0.2, -0.15) is 0 Å². The van der Waals surface area contributed by atoms with E-state index in [1.165, 1.54) is 0 Å². The lowest BCUT2D eigenvalue weighted by molar-refractivity contribution is -0.114. The summed E-state index contributed by atoms with van der Waals surface area (Å²) in [6, 6.07) is 3.55. The Bertz CT molecular complexity index is 472. The van der Waals surface area contributed by atoms with Crippen LogP contribution in [0, 0.1) is 5.92 Å². The zero-order valence-corrected chi connectivity index (χ0v) is 14.5. The van der Waals surface area contributed by atoms with Crippen LogP contribution in [0.4, 0.5) is 5.69 Å². The van der Waals surface area contributed by atoms with Crippen molar-refractivity contribution in [1.29, 1.82) is 0 Å². The molecule has 1 aliphatic rings. The number of nitrogens with one attached hydrogen (secondary N) is 1. The smallest absolute Gasteiger partial charge is 0.246 e. The molecule has 0 spiro atoms. The van der Waals surface area contributed by atoms with E-state index in [0.717, 1.165) is 31.8 Å². The zero-order chi connectivity index (χ0) is 14.4. The number of guanidine groups is 1. The van der Waals surface area contributed by atoms with Crippen molar-refractivity contribution < 1.29 is 4.79 Å². The number of carbonyl (C=O) groups excluding carboxylic acids is 1. The van der Waals surface area contributed by atoms with E-state index in [1.807, 2.05) is 4.90 Å². The number of nitrogens with two attached hydrogens (primary N) is 1. The monoisotopic (exact) mass is 403 g/mol. The van der Waals surface area contributed by atoms with Gasteiger partial charge in [-0.1, -0.05) is 6.92 Å². The number of aromatic nitrogens is 1. The third kappa shape index (κ3) is 5.86. The maximum Gasteiger partial charge on any atom is 0.246 e. The highest BCUT2D eigenvalue weighted by atomic mass is 127. The molecule has 0 saturated carbocycles. The number of nitrogens with zero attached hydrogens (tertiary/aromatic N) is 3. The van der Waals surface area contributed by atoms with Crippen molar-refractivity contribution in [3.8, 4) is 0 Å². The first-order chi connectivity index (χ1) is 9.65. The summed E-state index contributed by atoms with van der Waals surface area (Å²) in [5.41, 5.74) is 6.58. The predicted octanol–water partition coefficient (Wildman–Crippen LogP) is 1.68. The standard InChI is InChI=1S/C14H21N5O.HI/c1-11-4-7-19(8-5-11)14(15)17-10-13(20)18-12-3-2-6-16-9-12;/h2-3,6,9,11H,4-5,7-8,10H2,1H3,(H2,15,17)(H,18,20);1H. The molecule has 1 fully saturated rings. The molecule has 0 aliphatic carbocycles. The van der Waals surface area contributed by atoms with E-state index in [-0.39, 0.29) is 36.4 Å². The van der Waals surface area contributed by atoms with Gasteiger partial charge in [-0.25, -0.2) is 4.99 Å². The van der Waals surface area contributed by atoms with Crippen LogP contribution in [0.15, 0.2) is 29.5 Å². The van der Waals surface area contributed by atoms with Crippen molar-refractivity contribution >= 4 is 41.5 Å². The van der Waals surface area contributed by atoms with Crippen LogP contribution >= 0.6 is 24.0 Å². The molecule has 1 saturated heterocycles. The lowest BCUT2D eigenvalue weighted by Crippen LogP contribution is -2.42. The summed E-state index contributed by atoms with van der Waals surface area (Å²) in [7, 11) is 0. The third-order valence-electron chi connectivity index (χ3n) is 3.44. The molecular formula is C14H22IN5O. The van der Waals surface area contributed by atoms with Crippen molar-refractivity contribution in [2.75, 3.05) is 25.0 Å². The zero-order valence-electron chi connectivity index (χ0n) is 12.2. The van der Waals surface area contributed by atoms with E-state index >= 15 is 0 Å². The predicted molar refractivity (Wildman–Crippen MR) is 94.7 cm³/mol. The molecular weight excluding hydrogens is 381 g/mol. The molecule has 1 aliphatic heterocycles. The minimum absolute atomic E-state index is 0. The fourth-order valence-electron chi connectivity index (χ4n) is 2.13. The van der Waals surface area contributed by atoms with E-state index in [9.17, 15) is 4.79 Å². The Hall–Kier alpha value is -1.38. The maximum absolute atomic E-state index is 11.7. The number of halogens is 1. The van der Waals surface area contributed by atoms with E-state index in [4.69, 9.17) is 5.73 Å². The van der Waals surface area contributed by atoms with Gasteiger partial charge in [0.05, 0.1) is 11.9 Å². The van der Waals surface area contributed by atoms with Gasteiger partial charge in [-0.3, -0.25) is 9.78 Å². The van der Waals surface area contributed by atoms with Crippen molar-refractivity contribution in [3.63, 3.8) is 0 Å². The van der Waals surface area contributed by atoms with Crippen molar-refractivity contribution in [2.45, 2.75) is 19.8 Å². The molecule has 0 aromatic carbocycles. The van der Waals surface area contributed by atoms with Crippen LogP contribution in [0.3, 0.4) is 0 Å². The SMILES string of the molecule is CC1CCN(C(N)=NCC(=O)Nc2cccnc2)CC1.I. The summed E-state index contributed by atoms with van der Waals surface area (Å²) in [4.78, 5) is 21.9. The second kappa shape index (κ2) is 8.81. The van der Waals surface area contributed by atoms with Crippen LogP contribution in [-0.4, -0.2) is 41.4 Å². The average Bonchev–Trinajstić information content (AvgIpc) is 2.46. The van der Waals surface area contributed by atoms with E-state index in [1.54, 1.807) is 24.5 Å². The van der Waals surface area contributed by atoms with Gasteiger partial charge in [-0.05, 0) is 30.9 Å². The van der Waals surface area contributed by atoms with Crippen molar-refractivity contribution in [2.24, 2.45) is 16.6 Å². The molecule has 6 nitrogen and oxygen atoms in total. The molecule has 0 bridgehead atoms. The number of likely N-dealkylation sites (tertiary alicyclic amines) is 1. The number of amides is 1. The molecule has 1 aromatic heterocycles. The average molecular weight is 403 g/mol. The molecule has 0 unspecified atom stereocenters. The molecule has 0 radical (unpaired) electrons. The van der Waals surface area contributed by atoms with Crippen LogP contribution < -0.4 is 11.1 Å². The quantitative estimate of drug-likeness (QED) is 0.457. The minimum atomic E-state index is -0.189. The number of rotatable bonds is 3. The number of carbonyl (C=O) groups is 1. The molecule has 0 atom stereocenters. The van der Waals surface area contributed by atoms with Gasteiger partial charge in [-0.15, -0.1) is 24.0 Å². The van der Waals surface area contributed by atoms with E-state index < -0.39 is 0 Å². The number of hydrogen-bond acceptors (Lipinski definition) is 3. The Balaban J connectivity index is 0.00000220. The molecule has 1 amide bonds. The number of hydrogen-bond donors (Lipinski definition) is 2. The fourth-order valence-corrected chi connectivity index (χ4v) is 2.13. The number of aliphatic imine (C=N–C) groups is 1. The van der Waals surface area contributed by atoms with Crippen LogP contribution in [-0.2, 0) is 4.79 Å². The number of piperidine rings is 1. The summed E-state index contributed by atoms with van der Waals surface area (Å²) >= 11 is 0. The summed E-state index contributed by atoms with van der Waals surface area (Å²) in [6.45, 7) is 4.11. The summed E-state index contributed by atoms with van der Waals surface area (Å²) in [5.74, 6) is 1.01. The first-order valence-corrected chi connectivity index (χ1v) is 6.90. The molecule has 21 heavy (non-hydrogen) atoms. The van der Waals surface area contributed by atoms with Crippen LogP contribution in [0.25, 0.3) is 0 Å². The highest BCUT2D eigenvalue weighted by Crippen LogP contribution is 2.15.